The van der Waals surface area contributed by atoms with E-state index in [0.29, 0.717) is 12.5 Å². The molecule has 0 aromatic heterocycles. The monoisotopic (exact) mass is 264 g/mol. The van der Waals surface area contributed by atoms with Crippen LogP contribution < -0.4 is 10.6 Å². The number of benzene rings is 1. The van der Waals surface area contributed by atoms with Crippen molar-refractivity contribution in [3.8, 4) is 0 Å². The molecule has 1 rings (SSSR count). The molecule has 0 aliphatic carbocycles. The van der Waals surface area contributed by atoms with Crippen molar-refractivity contribution in [1.29, 1.82) is 0 Å². The normalized spacial score (nSPS) is 12.2. The number of hydrogen-bond acceptors (Lipinski definition) is 3. The standard InChI is InChI=1S/C15H24N2O2/c1-3-13(8-9-18)10-16-11-15(19)17-14-6-4-12(2)5-7-14/h4-7,13,16,18H,3,8-11H2,1-2H3,(H,17,19). The van der Waals surface area contributed by atoms with Gasteiger partial charge in [0, 0.05) is 12.3 Å². The average molecular weight is 264 g/mol. The van der Waals surface area contributed by atoms with Crippen molar-refractivity contribution < 1.29 is 9.90 Å². The molecule has 0 aliphatic rings. The number of aryl methyl sites for hydroxylation is 1. The van der Waals surface area contributed by atoms with Crippen molar-refractivity contribution in [2.75, 3.05) is 25.0 Å². The van der Waals surface area contributed by atoms with Gasteiger partial charge in [-0.25, -0.2) is 0 Å². The molecule has 0 radical (unpaired) electrons. The second kappa shape index (κ2) is 8.67. The zero-order chi connectivity index (χ0) is 14.1. The summed E-state index contributed by atoms with van der Waals surface area (Å²) in [5.41, 5.74) is 1.99. The zero-order valence-corrected chi connectivity index (χ0v) is 11.8. The Hall–Kier alpha value is -1.39. The van der Waals surface area contributed by atoms with E-state index in [0.717, 1.165) is 25.1 Å². The van der Waals surface area contributed by atoms with Crippen LogP contribution in [0, 0.1) is 12.8 Å². The van der Waals surface area contributed by atoms with E-state index in [4.69, 9.17) is 5.11 Å². The first-order valence-electron chi connectivity index (χ1n) is 6.83. The van der Waals surface area contributed by atoms with E-state index in [1.807, 2.05) is 31.2 Å². The summed E-state index contributed by atoms with van der Waals surface area (Å²) >= 11 is 0. The molecular formula is C15H24N2O2. The van der Waals surface area contributed by atoms with E-state index < -0.39 is 0 Å². The van der Waals surface area contributed by atoms with Crippen molar-refractivity contribution >= 4 is 11.6 Å². The number of aliphatic hydroxyl groups is 1. The fourth-order valence-electron chi connectivity index (χ4n) is 1.86. The van der Waals surface area contributed by atoms with Crippen LogP contribution in [0.2, 0.25) is 0 Å². The molecule has 1 unspecified atom stereocenters. The highest BCUT2D eigenvalue weighted by Gasteiger charge is 2.07. The van der Waals surface area contributed by atoms with Crippen molar-refractivity contribution in [2.45, 2.75) is 26.7 Å². The maximum atomic E-state index is 11.7. The maximum Gasteiger partial charge on any atom is 0.238 e. The van der Waals surface area contributed by atoms with Crippen LogP contribution in [-0.4, -0.2) is 30.7 Å². The molecule has 0 bridgehead atoms. The highest BCUT2D eigenvalue weighted by molar-refractivity contribution is 5.92. The van der Waals surface area contributed by atoms with Gasteiger partial charge in [-0.05, 0) is 37.9 Å². The molecule has 1 amide bonds. The number of nitrogens with one attached hydrogen (secondary N) is 2. The summed E-state index contributed by atoms with van der Waals surface area (Å²) in [5.74, 6) is 0.389. The van der Waals surface area contributed by atoms with Crippen LogP contribution in [0.15, 0.2) is 24.3 Å². The van der Waals surface area contributed by atoms with Gasteiger partial charge in [-0.3, -0.25) is 4.79 Å². The van der Waals surface area contributed by atoms with Crippen LogP contribution in [-0.2, 0) is 4.79 Å². The maximum absolute atomic E-state index is 11.7. The molecule has 1 atom stereocenters. The fourth-order valence-corrected chi connectivity index (χ4v) is 1.86. The van der Waals surface area contributed by atoms with Gasteiger partial charge in [-0.15, -0.1) is 0 Å². The van der Waals surface area contributed by atoms with Gasteiger partial charge in [0.15, 0.2) is 0 Å². The van der Waals surface area contributed by atoms with E-state index in [9.17, 15) is 4.79 Å². The Balaban J connectivity index is 2.26. The van der Waals surface area contributed by atoms with Gasteiger partial charge < -0.3 is 15.7 Å². The smallest absolute Gasteiger partial charge is 0.238 e. The van der Waals surface area contributed by atoms with Crippen LogP contribution in [0.25, 0.3) is 0 Å². The Labute approximate surface area is 115 Å². The molecule has 19 heavy (non-hydrogen) atoms. The second-order valence-electron chi connectivity index (χ2n) is 4.83. The molecule has 0 saturated heterocycles. The molecule has 1 aromatic rings. The number of aliphatic hydroxyl groups excluding tert-OH is 1. The van der Waals surface area contributed by atoms with Crippen molar-refractivity contribution in [3.63, 3.8) is 0 Å². The first-order chi connectivity index (χ1) is 9.15. The SMILES string of the molecule is CCC(CCO)CNCC(=O)Nc1ccc(C)cc1. The number of rotatable bonds is 8. The van der Waals surface area contributed by atoms with Gasteiger partial charge in [0.05, 0.1) is 6.54 Å². The van der Waals surface area contributed by atoms with Crippen LogP contribution in [0.3, 0.4) is 0 Å². The summed E-state index contributed by atoms with van der Waals surface area (Å²) in [5, 5.41) is 14.9. The average Bonchev–Trinajstić information content (AvgIpc) is 2.40. The van der Waals surface area contributed by atoms with Crippen molar-refractivity contribution in [2.24, 2.45) is 5.92 Å². The quantitative estimate of drug-likeness (QED) is 0.672. The minimum absolute atomic E-state index is 0.0392. The number of carbonyl (C=O) groups is 1. The van der Waals surface area contributed by atoms with Gasteiger partial charge in [-0.2, -0.15) is 0 Å². The summed E-state index contributed by atoms with van der Waals surface area (Å²) in [4.78, 5) is 11.7. The molecule has 0 fully saturated rings. The third-order valence-corrected chi connectivity index (χ3v) is 3.17. The van der Waals surface area contributed by atoms with Crippen LogP contribution in [0.1, 0.15) is 25.3 Å². The van der Waals surface area contributed by atoms with Gasteiger partial charge in [0.1, 0.15) is 0 Å². The first-order valence-corrected chi connectivity index (χ1v) is 6.83. The molecule has 4 nitrogen and oxygen atoms in total. The summed E-state index contributed by atoms with van der Waals surface area (Å²) in [7, 11) is 0. The van der Waals surface area contributed by atoms with E-state index >= 15 is 0 Å². The molecule has 4 heteroatoms. The first kappa shape index (κ1) is 15.7. The van der Waals surface area contributed by atoms with Gasteiger partial charge in [0.2, 0.25) is 5.91 Å². The fraction of sp³-hybridized carbons (Fsp3) is 0.533. The Morgan fingerprint density at radius 1 is 1.32 bits per heavy atom. The predicted octanol–water partition coefficient (Wildman–Crippen LogP) is 1.93. The van der Waals surface area contributed by atoms with Crippen LogP contribution >= 0.6 is 0 Å². The van der Waals surface area contributed by atoms with Gasteiger partial charge in [0.25, 0.3) is 0 Å². The third-order valence-electron chi connectivity index (χ3n) is 3.17. The lowest BCUT2D eigenvalue weighted by Crippen LogP contribution is -2.32. The van der Waals surface area contributed by atoms with Gasteiger partial charge >= 0.3 is 0 Å². The summed E-state index contributed by atoms with van der Waals surface area (Å²) in [6.45, 7) is 5.37. The largest absolute Gasteiger partial charge is 0.396 e. The lowest BCUT2D eigenvalue weighted by Gasteiger charge is -2.14. The lowest BCUT2D eigenvalue weighted by molar-refractivity contribution is -0.115. The summed E-state index contributed by atoms with van der Waals surface area (Å²) in [6, 6.07) is 7.73. The Kier molecular flexibility index (Phi) is 7.15. The highest BCUT2D eigenvalue weighted by Crippen LogP contribution is 2.08. The molecule has 106 valence electrons. The topological polar surface area (TPSA) is 61.4 Å². The van der Waals surface area contributed by atoms with Crippen LogP contribution in [0.4, 0.5) is 5.69 Å². The molecule has 0 aliphatic heterocycles. The second-order valence-corrected chi connectivity index (χ2v) is 4.83. The Morgan fingerprint density at radius 2 is 2.00 bits per heavy atom. The van der Waals surface area contributed by atoms with Crippen molar-refractivity contribution in [3.05, 3.63) is 29.8 Å². The minimum atomic E-state index is -0.0392. The summed E-state index contributed by atoms with van der Waals surface area (Å²) in [6.07, 6.45) is 1.79. The molecular weight excluding hydrogens is 240 g/mol. The Morgan fingerprint density at radius 3 is 2.58 bits per heavy atom. The van der Waals surface area contributed by atoms with E-state index in [2.05, 4.69) is 17.6 Å². The molecule has 3 N–H and O–H groups in total. The molecule has 0 saturated carbocycles. The highest BCUT2D eigenvalue weighted by atomic mass is 16.3. The molecule has 0 spiro atoms. The van der Waals surface area contributed by atoms with E-state index in [-0.39, 0.29) is 12.5 Å². The van der Waals surface area contributed by atoms with Gasteiger partial charge in [-0.1, -0.05) is 31.0 Å². The lowest BCUT2D eigenvalue weighted by atomic mass is 10.0. The minimum Gasteiger partial charge on any atom is -0.396 e. The molecule has 0 heterocycles. The number of amides is 1. The van der Waals surface area contributed by atoms with Crippen LogP contribution in [0.5, 0.6) is 0 Å². The van der Waals surface area contributed by atoms with E-state index in [1.165, 1.54) is 5.56 Å². The number of hydrogen-bond donors (Lipinski definition) is 3. The summed E-state index contributed by atoms with van der Waals surface area (Å²) < 4.78 is 0. The van der Waals surface area contributed by atoms with E-state index in [1.54, 1.807) is 0 Å². The zero-order valence-electron chi connectivity index (χ0n) is 11.8. The third kappa shape index (κ3) is 6.36. The number of anilines is 1. The molecule has 1 aromatic carbocycles. The van der Waals surface area contributed by atoms with Crippen molar-refractivity contribution in [1.82, 2.24) is 5.32 Å². The number of carbonyl (C=O) groups excluding carboxylic acids is 1. The Bertz CT molecular complexity index is 376. The predicted molar refractivity (Wildman–Crippen MR) is 78.2 cm³/mol.